The number of carbonyl (C=O) groups is 2. The molecule has 1 amide bonds. The van der Waals surface area contributed by atoms with E-state index in [9.17, 15) is 14.0 Å². The number of hydrogen-bond acceptors (Lipinski definition) is 5. The van der Waals surface area contributed by atoms with Gasteiger partial charge in [0.1, 0.15) is 6.54 Å². The first-order chi connectivity index (χ1) is 11.4. The summed E-state index contributed by atoms with van der Waals surface area (Å²) in [7, 11) is 1.31. The third-order valence-corrected chi connectivity index (χ3v) is 3.88. The number of ether oxygens (including phenoxy) is 1. The summed E-state index contributed by atoms with van der Waals surface area (Å²) in [5, 5.41) is 9.15. The zero-order valence-corrected chi connectivity index (χ0v) is 13.0. The molecule has 0 fully saturated rings. The van der Waals surface area contributed by atoms with E-state index >= 15 is 0 Å². The second-order valence-corrected chi connectivity index (χ2v) is 5.33. The van der Waals surface area contributed by atoms with Crippen molar-refractivity contribution < 1.29 is 23.8 Å². The maximum absolute atomic E-state index is 14.6. The van der Waals surface area contributed by atoms with E-state index in [2.05, 4.69) is 9.97 Å². The fourth-order valence-corrected chi connectivity index (χ4v) is 2.79. The van der Waals surface area contributed by atoms with Crippen LogP contribution in [0.15, 0.2) is 24.4 Å². The van der Waals surface area contributed by atoms with Crippen LogP contribution in [0.3, 0.4) is 0 Å². The van der Waals surface area contributed by atoms with Gasteiger partial charge in [-0.25, -0.2) is 0 Å². The molecule has 0 saturated heterocycles. The molecule has 8 heteroatoms. The van der Waals surface area contributed by atoms with Gasteiger partial charge in [0.2, 0.25) is 17.7 Å². The monoisotopic (exact) mass is 331 g/mol. The van der Waals surface area contributed by atoms with Gasteiger partial charge < -0.3 is 9.84 Å². The predicted molar refractivity (Wildman–Crippen MR) is 82.4 cm³/mol. The van der Waals surface area contributed by atoms with Crippen LogP contribution in [0.25, 0.3) is 11.1 Å². The molecule has 0 bridgehead atoms. The summed E-state index contributed by atoms with van der Waals surface area (Å²) < 4.78 is 19.6. The highest BCUT2D eigenvalue weighted by Crippen LogP contribution is 2.42. The summed E-state index contributed by atoms with van der Waals surface area (Å²) in [5.74, 6) is -3.32. The predicted octanol–water partition coefficient (Wildman–Crippen LogP) is 1.83. The number of carboxylic acid groups (broad SMARTS) is 1. The Hall–Kier alpha value is -3.03. The van der Waals surface area contributed by atoms with Crippen LogP contribution >= 0.6 is 0 Å². The number of amides is 1. The Morgan fingerprint density at radius 3 is 2.92 bits per heavy atom. The van der Waals surface area contributed by atoms with Crippen molar-refractivity contribution in [1.82, 2.24) is 9.97 Å². The standard InChI is InChI=1S/C16H14FN3O4/c1-8-14-9(4-3-5-18-14)13-10(6-11(24-2)19-15(13)17)20(16(8)23)7-12(21)22/h3-6,8H,7H2,1-2H3,(H,21,22)/t8-/m1/s1. The Kier molecular flexibility index (Phi) is 3.88. The molecular formula is C16H14FN3O4. The van der Waals surface area contributed by atoms with E-state index in [1.54, 1.807) is 19.1 Å². The third kappa shape index (κ3) is 2.45. The largest absolute Gasteiger partial charge is 0.481 e. The van der Waals surface area contributed by atoms with E-state index in [-0.39, 0.29) is 17.1 Å². The molecule has 3 heterocycles. The van der Waals surface area contributed by atoms with Gasteiger partial charge in [0, 0.05) is 17.8 Å². The number of anilines is 1. The highest BCUT2D eigenvalue weighted by molar-refractivity contribution is 6.06. The quantitative estimate of drug-likeness (QED) is 0.863. The number of carboxylic acids is 1. The Morgan fingerprint density at radius 2 is 2.25 bits per heavy atom. The van der Waals surface area contributed by atoms with Crippen LogP contribution in [0.5, 0.6) is 5.88 Å². The smallest absolute Gasteiger partial charge is 0.323 e. The molecule has 0 aliphatic carbocycles. The molecule has 0 unspecified atom stereocenters. The molecule has 0 radical (unpaired) electrons. The second kappa shape index (κ2) is 5.88. The van der Waals surface area contributed by atoms with Gasteiger partial charge in [0.05, 0.1) is 30.0 Å². The summed E-state index contributed by atoms with van der Waals surface area (Å²) in [6.07, 6.45) is 1.50. The Balaban J connectivity index is 2.35. The van der Waals surface area contributed by atoms with Gasteiger partial charge >= 0.3 is 5.97 Å². The van der Waals surface area contributed by atoms with Gasteiger partial charge in [-0.3, -0.25) is 19.5 Å². The van der Waals surface area contributed by atoms with E-state index in [0.29, 0.717) is 11.3 Å². The highest BCUT2D eigenvalue weighted by atomic mass is 19.1. The summed E-state index contributed by atoms with van der Waals surface area (Å²) >= 11 is 0. The topological polar surface area (TPSA) is 92.6 Å². The number of pyridine rings is 2. The molecule has 0 spiro atoms. The lowest BCUT2D eigenvalue weighted by Gasteiger charge is -2.23. The Bertz CT molecular complexity index is 840. The van der Waals surface area contributed by atoms with E-state index in [1.165, 1.54) is 19.4 Å². The van der Waals surface area contributed by atoms with E-state index in [4.69, 9.17) is 9.84 Å². The molecular weight excluding hydrogens is 317 g/mol. The van der Waals surface area contributed by atoms with Crippen molar-refractivity contribution in [2.45, 2.75) is 12.8 Å². The number of nitrogens with zero attached hydrogens (tertiary/aromatic N) is 3. The second-order valence-electron chi connectivity index (χ2n) is 5.33. The SMILES string of the molecule is COc1cc2c(c(F)n1)-c1cccnc1[C@@H](C)C(=O)N2CC(=O)O. The van der Waals surface area contributed by atoms with Gasteiger partial charge in [-0.05, 0) is 13.0 Å². The van der Waals surface area contributed by atoms with Gasteiger partial charge in [0.15, 0.2) is 0 Å². The van der Waals surface area contributed by atoms with E-state index < -0.39 is 30.3 Å². The number of carbonyl (C=O) groups excluding carboxylic acids is 1. The number of methoxy groups -OCH3 is 1. The zero-order valence-electron chi connectivity index (χ0n) is 13.0. The van der Waals surface area contributed by atoms with Crippen LogP contribution in [0, 0.1) is 5.95 Å². The summed E-state index contributed by atoms with van der Waals surface area (Å²) in [4.78, 5) is 32.9. The van der Waals surface area contributed by atoms with Gasteiger partial charge in [-0.2, -0.15) is 9.37 Å². The van der Waals surface area contributed by atoms with Crippen molar-refractivity contribution in [2.24, 2.45) is 0 Å². The molecule has 2 aromatic rings. The number of aromatic nitrogens is 2. The molecule has 1 atom stereocenters. The first-order valence-corrected chi connectivity index (χ1v) is 7.17. The summed E-state index contributed by atoms with van der Waals surface area (Å²) in [5.41, 5.74) is 0.930. The van der Waals surface area contributed by atoms with Gasteiger partial charge in [-0.1, -0.05) is 6.07 Å². The highest BCUT2D eigenvalue weighted by Gasteiger charge is 2.35. The van der Waals surface area contributed by atoms with Crippen LogP contribution in [-0.2, 0) is 9.59 Å². The van der Waals surface area contributed by atoms with E-state index in [1.807, 2.05) is 0 Å². The first kappa shape index (κ1) is 15.9. The lowest BCUT2D eigenvalue weighted by Crippen LogP contribution is -2.38. The molecule has 1 aliphatic heterocycles. The normalized spacial score (nSPS) is 16.2. The molecule has 124 valence electrons. The fraction of sp³-hybridized carbons (Fsp3) is 0.250. The van der Waals surface area contributed by atoms with Crippen molar-refractivity contribution in [3.05, 3.63) is 36.0 Å². The van der Waals surface area contributed by atoms with Crippen molar-refractivity contribution in [3.63, 3.8) is 0 Å². The first-order valence-electron chi connectivity index (χ1n) is 7.17. The number of aliphatic carboxylic acids is 1. The number of rotatable bonds is 3. The van der Waals surface area contributed by atoms with Crippen LogP contribution in [0.2, 0.25) is 0 Å². The summed E-state index contributed by atoms with van der Waals surface area (Å²) in [6.45, 7) is 1.01. The minimum atomic E-state index is -1.21. The van der Waals surface area contributed by atoms with Gasteiger partial charge in [-0.15, -0.1) is 0 Å². The maximum atomic E-state index is 14.6. The third-order valence-electron chi connectivity index (χ3n) is 3.88. The van der Waals surface area contributed by atoms with E-state index in [0.717, 1.165) is 4.90 Å². The van der Waals surface area contributed by atoms with Crippen LogP contribution in [0.1, 0.15) is 18.5 Å². The van der Waals surface area contributed by atoms with Crippen molar-refractivity contribution in [3.8, 4) is 17.0 Å². The molecule has 3 rings (SSSR count). The molecule has 0 saturated carbocycles. The lowest BCUT2D eigenvalue weighted by atomic mass is 9.98. The number of fused-ring (bicyclic) bond motifs is 3. The maximum Gasteiger partial charge on any atom is 0.323 e. The Labute approximate surface area is 136 Å². The average molecular weight is 331 g/mol. The number of halogens is 1. The van der Waals surface area contributed by atoms with Crippen LogP contribution in [-0.4, -0.2) is 40.6 Å². The molecule has 1 N–H and O–H groups in total. The number of hydrogen-bond donors (Lipinski definition) is 1. The summed E-state index contributed by atoms with van der Waals surface area (Å²) in [6, 6.07) is 4.61. The minimum absolute atomic E-state index is 0.0397. The Morgan fingerprint density at radius 1 is 1.50 bits per heavy atom. The molecule has 1 aliphatic rings. The minimum Gasteiger partial charge on any atom is -0.481 e. The van der Waals surface area contributed by atoms with Crippen LogP contribution in [0.4, 0.5) is 10.1 Å². The molecule has 0 aromatic carbocycles. The van der Waals surface area contributed by atoms with Crippen molar-refractivity contribution in [1.29, 1.82) is 0 Å². The zero-order chi connectivity index (χ0) is 17.4. The fourth-order valence-electron chi connectivity index (χ4n) is 2.79. The molecule has 24 heavy (non-hydrogen) atoms. The van der Waals surface area contributed by atoms with Crippen LogP contribution < -0.4 is 9.64 Å². The molecule has 2 aromatic heterocycles. The molecule has 7 nitrogen and oxygen atoms in total. The lowest BCUT2D eigenvalue weighted by molar-refractivity contribution is -0.136. The van der Waals surface area contributed by atoms with Gasteiger partial charge in [0.25, 0.3) is 0 Å². The average Bonchev–Trinajstić information content (AvgIpc) is 2.64. The van der Waals surface area contributed by atoms with Crippen molar-refractivity contribution in [2.75, 3.05) is 18.6 Å². The van der Waals surface area contributed by atoms with Crippen molar-refractivity contribution >= 4 is 17.6 Å².